The number of hydrogen-bond acceptors (Lipinski definition) is 5. The van der Waals surface area contributed by atoms with Crippen molar-refractivity contribution in [3.63, 3.8) is 0 Å². The normalized spacial score (nSPS) is 10.2. The third-order valence-corrected chi connectivity index (χ3v) is 4.39. The van der Waals surface area contributed by atoms with E-state index in [4.69, 9.17) is 17.3 Å². The second-order valence-electron chi connectivity index (χ2n) is 4.82. The van der Waals surface area contributed by atoms with Gasteiger partial charge in [-0.25, -0.2) is 19.2 Å². The van der Waals surface area contributed by atoms with Gasteiger partial charge < -0.3 is 16.4 Å². The van der Waals surface area contributed by atoms with E-state index in [-0.39, 0.29) is 11.6 Å². The number of carbonyl (C=O) groups excluding carboxylic acids is 1. The molecule has 9 heteroatoms. The lowest BCUT2D eigenvalue weighted by molar-refractivity contribution is 0.250. The predicted molar refractivity (Wildman–Crippen MR) is 96.6 cm³/mol. The van der Waals surface area contributed by atoms with Gasteiger partial charge in [0, 0.05) is 5.69 Å². The Morgan fingerprint density at radius 1 is 1.36 bits per heavy atom. The average Bonchev–Trinajstić information content (AvgIpc) is 2.99. The van der Waals surface area contributed by atoms with Gasteiger partial charge in [-0.15, -0.1) is 11.3 Å². The minimum Gasteiger partial charge on any atom is -0.352 e. The summed E-state index contributed by atoms with van der Waals surface area (Å²) in [5.41, 5.74) is 6.31. The molecule has 6 nitrogen and oxygen atoms in total. The quantitative estimate of drug-likeness (QED) is 0.612. The van der Waals surface area contributed by atoms with Crippen molar-refractivity contribution in [3.8, 4) is 11.8 Å². The number of nitrogens with one attached hydrogen (secondary N) is 2. The van der Waals surface area contributed by atoms with E-state index in [0.717, 1.165) is 15.1 Å². The van der Waals surface area contributed by atoms with Crippen LogP contribution < -0.4 is 16.4 Å². The maximum absolute atomic E-state index is 13.3. The zero-order valence-electron chi connectivity index (χ0n) is 12.6. The highest BCUT2D eigenvalue weighted by Gasteiger charge is 2.09. The molecule has 0 aliphatic heterocycles. The highest BCUT2D eigenvalue weighted by atomic mass is 35.5. The van der Waals surface area contributed by atoms with Gasteiger partial charge in [0.15, 0.2) is 5.82 Å². The summed E-state index contributed by atoms with van der Waals surface area (Å²) in [7, 11) is 0. The van der Waals surface area contributed by atoms with Crippen molar-refractivity contribution in [1.29, 1.82) is 0 Å². The number of thiophene rings is 1. The Labute approximate surface area is 151 Å². The van der Waals surface area contributed by atoms with Crippen molar-refractivity contribution in [2.24, 2.45) is 5.73 Å². The number of amides is 2. The molecule has 3 aromatic rings. The number of benzene rings is 1. The average molecular weight is 376 g/mol. The molecule has 0 saturated carbocycles. The minimum absolute atomic E-state index is 0.0231. The molecule has 2 heterocycles. The summed E-state index contributed by atoms with van der Waals surface area (Å²) in [5.74, 6) is 5.81. The summed E-state index contributed by atoms with van der Waals surface area (Å²) in [6, 6.07) is 5.52. The predicted octanol–water partition coefficient (Wildman–Crippen LogP) is 3.25. The molecule has 2 aromatic heterocycles. The molecule has 1 aromatic carbocycles. The van der Waals surface area contributed by atoms with Crippen LogP contribution in [0.3, 0.4) is 0 Å². The molecule has 2 amide bonds. The second-order valence-corrected chi connectivity index (χ2v) is 6.28. The van der Waals surface area contributed by atoms with Gasteiger partial charge in [-0.3, -0.25) is 0 Å². The summed E-state index contributed by atoms with van der Waals surface area (Å²) >= 11 is 7.19. The van der Waals surface area contributed by atoms with E-state index >= 15 is 0 Å². The summed E-state index contributed by atoms with van der Waals surface area (Å²) in [5, 5.41) is 5.51. The number of carbonyl (C=O) groups is 1. The number of primary amides is 1. The highest BCUT2D eigenvalue weighted by Crippen LogP contribution is 2.31. The number of fused-ring (bicyclic) bond motifs is 1. The van der Waals surface area contributed by atoms with Crippen LogP contribution in [-0.2, 0) is 0 Å². The van der Waals surface area contributed by atoms with E-state index < -0.39 is 11.8 Å². The van der Waals surface area contributed by atoms with Crippen molar-refractivity contribution in [2.75, 3.05) is 11.9 Å². The van der Waals surface area contributed by atoms with Crippen LogP contribution >= 0.6 is 22.9 Å². The Morgan fingerprint density at radius 2 is 2.20 bits per heavy atom. The molecule has 0 aliphatic carbocycles. The van der Waals surface area contributed by atoms with Crippen molar-refractivity contribution in [2.45, 2.75) is 0 Å². The zero-order valence-corrected chi connectivity index (χ0v) is 14.2. The fourth-order valence-corrected chi connectivity index (χ4v) is 3.09. The molecule has 0 aliphatic rings. The van der Waals surface area contributed by atoms with Crippen LogP contribution in [0.25, 0.3) is 10.2 Å². The molecular formula is C16H11ClFN5OS. The molecule has 0 radical (unpaired) electrons. The van der Waals surface area contributed by atoms with Crippen molar-refractivity contribution < 1.29 is 9.18 Å². The first-order chi connectivity index (χ1) is 12.0. The van der Waals surface area contributed by atoms with Gasteiger partial charge in [-0.05, 0) is 24.3 Å². The molecular weight excluding hydrogens is 365 g/mol. The first-order valence-electron chi connectivity index (χ1n) is 7.02. The van der Waals surface area contributed by atoms with Gasteiger partial charge in [0.25, 0.3) is 0 Å². The molecule has 3 rings (SSSR count). The molecule has 0 bridgehead atoms. The van der Waals surface area contributed by atoms with Crippen LogP contribution in [0.15, 0.2) is 30.6 Å². The Morgan fingerprint density at radius 3 is 2.96 bits per heavy atom. The van der Waals surface area contributed by atoms with Gasteiger partial charge >= 0.3 is 6.03 Å². The van der Waals surface area contributed by atoms with Crippen LogP contribution in [0.2, 0.25) is 5.02 Å². The number of nitrogens with two attached hydrogens (primary N) is 1. The topological polar surface area (TPSA) is 92.9 Å². The van der Waals surface area contributed by atoms with E-state index in [1.807, 2.05) is 6.07 Å². The second kappa shape index (κ2) is 7.34. The Hall–Kier alpha value is -2.89. The van der Waals surface area contributed by atoms with E-state index in [1.54, 1.807) is 6.07 Å². The Bertz CT molecular complexity index is 1010. The zero-order chi connectivity index (χ0) is 17.8. The van der Waals surface area contributed by atoms with E-state index in [2.05, 4.69) is 32.4 Å². The van der Waals surface area contributed by atoms with Crippen LogP contribution in [0, 0.1) is 17.7 Å². The monoisotopic (exact) mass is 375 g/mol. The summed E-state index contributed by atoms with van der Waals surface area (Å²) in [4.78, 5) is 19.8. The minimum atomic E-state index is -0.624. The molecule has 4 N–H and O–H groups in total. The van der Waals surface area contributed by atoms with Gasteiger partial charge in [-0.1, -0.05) is 23.4 Å². The Balaban J connectivity index is 1.86. The van der Waals surface area contributed by atoms with Gasteiger partial charge in [-0.2, -0.15) is 0 Å². The van der Waals surface area contributed by atoms with E-state index in [0.29, 0.717) is 11.5 Å². The smallest absolute Gasteiger partial charge is 0.312 e. The maximum atomic E-state index is 13.3. The molecule has 0 saturated heterocycles. The number of nitrogens with zero attached hydrogens (tertiary/aromatic N) is 2. The lowest BCUT2D eigenvalue weighted by Crippen LogP contribution is -2.29. The fourth-order valence-electron chi connectivity index (χ4n) is 1.98. The number of hydrogen-bond donors (Lipinski definition) is 3. The number of anilines is 2. The highest BCUT2D eigenvalue weighted by molar-refractivity contribution is 7.20. The van der Waals surface area contributed by atoms with E-state index in [1.165, 1.54) is 29.8 Å². The molecule has 0 unspecified atom stereocenters. The first kappa shape index (κ1) is 17.0. The Kier molecular flexibility index (Phi) is 4.97. The molecule has 126 valence electrons. The number of halogens is 2. The molecule has 25 heavy (non-hydrogen) atoms. The van der Waals surface area contributed by atoms with Crippen LogP contribution in [0.1, 0.15) is 4.88 Å². The summed E-state index contributed by atoms with van der Waals surface area (Å²) < 4.78 is 14.1. The van der Waals surface area contributed by atoms with Gasteiger partial charge in [0.05, 0.1) is 26.7 Å². The van der Waals surface area contributed by atoms with E-state index in [9.17, 15) is 9.18 Å². The maximum Gasteiger partial charge on any atom is 0.312 e. The third-order valence-electron chi connectivity index (χ3n) is 3.06. The fraction of sp³-hybridized carbons (Fsp3) is 0.0625. The number of urea groups is 1. The van der Waals surface area contributed by atoms with Crippen LogP contribution in [0.5, 0.6) is 0 Å². The lowest BCUT2D eigenvalue weighted by atomic mass is 10.3. The molecule has 0 fully saturated rings. The third kappa shape index (κ3) is 4.15. The van der Waals surface area contributed by atoms with Crippen LogP contribution in [-0.4, -0.2) is 22.5 Å². The molecule has 0 spiro atoms. The molecule has 0 atom stereocenters. The SMILES string of the molecule is NC(=O)NCC#Cc1cc2ncnc(Nc3ccc(F)c(Cl)c3)c2s1. The van der Waals surface area contributed by atoms with Gasteiger partial charge in [0.1, 0.15) is 12.1 Å². The van der Waals surface area contributed by atoms with Gasteiger partial charge in [0.2, 0.25) is 0 Å². The number of aromatic nitrogens is 2. The van der Waals surface area contributed by atoms with Crippen molar-refractivity contribution in [1.82, 2.24) is 15.3 Å². The standard InChI is InChI=1S/C16H11ClFN5OS/c17-11-6-9(3-4-12(11)18)23-15-14-13(21-8-22-15)7-10(25-14)2-1-5-20-16(19)24/h3-4,6-8H,5H2,(H3,19,20,24)(H,21,22,23). The van der Waals surface area contributed by atoms with Crippen LogP contribution in [0.4, 0.5) is 20.7 Å². The van der Waals surface area contributed by atoms with Crippen molar-refractivity contribution in [3.05, 3.63) is 46.3 Å². The lowest BCUT2D eigenvalue weighted by Gasteiger charge is -2.06. The van der Waals surface area contributed by atoms with Crippen molar-refractivity contribution >= 4 is 50.7 Å². The first-order valence-corrected chi connectivity index (χ1v) is 8.21. The largest absolute Gasteiger partial charge is 0.352 e. The number of rotatable bonds is 3. The summed E-state index contributed by atoms with van der Waals surface area (Å²) in [6.45, 7) is 0.161. The summed E-state index contributed by atoms with van der Waals surface area (Å²) in [6.07, 6.45) is 1.42.